The van der Waals surface area contributed by atoms with Gasteiger partial charge in [-0.25, -0.2) is 4.79 Å². The minimum absolute atomic E-state index is 0.0187. The first-order valence-corrected chi connectivity index (χ1v) is 6.30. The van der Waals surface area contributed by atoms with E-state index in [2.05, 4.69) is 0 Å². The summed E-state index contributed by atoms with van der Waals surface area (Å²) in [6.07, 6.45) is -0.00538. The molecule has 0 aromatic heterocycles. The number of carbonyl (C=O) groups is 2. The van der Waals surface area contributed by atoms with Crippen molar-refractivity contribution in [2.75, 3.05) is 13.7 Å². The van der Waals surface area contributed by atoms with Gasteiger partial charge in [0.25, 0.3) is 5.91 Å². The number of amides is 1. The quantitative estimate of drug-likeness (QED) is 0.862. The number of aromatic hydroxyl groups is 1. The van der Waals surface area contributed by atoms with Gasteiger partial charge in [0, 0.05) is 25.6 Å². The molecule has 1 aliphatic rings. The van der Waals surface area contributed by atoms with Crippen molar-refractivity contribution in [3.8, 4) is 5.75 Å². The molecule has 6 heteroatoms. The van der Waals surface area contributed by atoms with Gasteiger partial charge >= 0.3 is 5.97 Å². The molecule has 1 aliphatic heterocycles. The Morgan fingerprint density at radius 2 is 2.10 bits per heavy atom. The second-order valence-electron chi connectivity index (χ2n) is 4.91. The number of aryl methyl sites for hydroxylation is 1. The number of methoxy groups -OCH3 is 1. The molecule has 2 atom stereocenters. The standard InChI is InChI=1S/C14H17NO5/c1-8-3-4-9(5-12(8)16)13(17)15-7-10(20-2)6-11(15)14(18)19/h3-5,10-11,16H,6-7H2,1-2H3,(H,18,19). The smallest absolute Gasteiger partial charge is 0.326 e. The molecule has 2 unspecified atom stereocenters. The van der Waals surface area contributed by atoms with Crippen molar-refractivity contribution in [3.63, 3.8) is 0 Å². The van der Waals surface area contributed by atoms with E-state index in [1.807, 2.05) is 0 Å². The molecule has 0 saturated carbocycles. The number of phenols is 1. The van der Waals surface area contributed by atoms with Gasteiger partial charge < -0.3 is 19.8 Å². The number of ether oxygens (including phenoxy) is 1. The van der Waals surface area contributed by atoms with E-state index in [1.165, 1.54) is 18.1 Å². The average Bonchev–Trinajstić information content (AvgIpc) is 2.85. The molecule has 1 aromatic rings. The van der Waals surface area contributed by atoms with Crippen LogP contribution in [0.15, 0.2) is 18.2 Å². The summed E-state index contributed by atoms with van der Waals surface area (Å²) in [7, 11) is 1.50. The van der Waals surface area contributed by atoms with Crippen LogP contribution < -0.4 is 0 Å². The van der Waals surface area contributed by atoms with Gasteiger partial charge in [0.05, 0.1) is 6.10 Å². The van der Waals surface area contributed by atoms with Crippen LogP contribution in [0.25, 0.3) is 0 Å². The molecule has 1 fully saturated rings. The van der Waals surface area contributed by atoms with Crippen molar-refractivity contribution in [1.29, 1.82) is 0 Å². The normalized spacial score (nSPS) is 22.0. The maximum Gasteiger partial charge on any atom is 0.326 e. The zero-order valence-electron chi connectivity index (χ0n) is 11.4. The van der Waals surface area contributed by atoms with Gasteiger partial charge in [0.1, 0.15) is 11.8 Å². The summed E-state index contributed by atoms with van der Waals surface area (Å²) in [6, 6.07) is 3.67. The number of rotatable bonds is 3. The van der Waals surface area contributed by atoms with Crippen LogP contribution in [0.5, 0.6) is 5.75 Å². The number of aliphatic carboxylic acids is 1. The third-order valence-electron chi connectivity index (χ3n) is 3.60. The lowest BCUT2D eigenvalue weighted by Gasteiger charge is -2.21. The van der Waals surface area contributed by atoms with Gasteiger partial charge in [0.15, 0.2) is 0 Å². The fraction of sp³-hybridized carbons (Fsp3) is 0.429. The predicted molar refractivity (Wildman–Crippen MR) is 70.7 cm³/mol. The molecule has 2 rings (SSSR count). The monoisotopic (exact) mass is 279 g/mol. The van der Waals surface area contributed by atoms with E-state index in [4.69, 9.17) is 4.74 Å². The summed E-state index contributed by atoms with van der Waals surface area (Å²) >= 11 is 0. The van der Waals surface area contributed by atoms with Gasteiger partial charge in [-0.3, -0.25) is 4.79 Å². The maximum absolute atomic E-state index is 12.4. The van der Waals surface area contributed by atoms with E-state index in [1.54, 1.807) is 19.1 Å². The number of carboxylic acid groups (broad SMARTS) is 1. The minimum atomic E-state index is -1.05. The summed E-state index contributed by atoms with van der Waals surface area (Å²) < 4.78 is 5.14. The highest BCUT2D eigenvalue weighted by Gasteiger charge is 2.40. The van der Waals surface area contributed by atoms with Crippen molar-refractivity contribution in [3.05, 3.63) is 29.3 Å². The van der Waals surface area contributed by atoms with Crippen molar-refractivity contribution >= 4 is 11.9 Å². The lowest BCUT2D eigenvalue weighted by Crippen LogP contribution is -2.40. The topological polar surface area (TPSA) is 87.1 Å². The molecule has 2 N–H and O–H groups in total. The number of nitrogens with zero attached hydrogens (tertiary/aromatic N) is 1. The predicted octanol–water partition coefficient (Wildman–Crippen LogP) is 1.01. The summed E-state index contributed by atoms with van der Waals surface area (Å²) in [5, 5.41) is 18.8. The number of likely N-dealkylation sites (tertiary alicyclic amines) is 1. The lowest BCUT2D eigenvalue weighted by atomic mass is 10.1. The molecule has 0 bridgehead atoms. The fourth-order valence-corrected chi connectivity index (χ4v) is 2.34. The van der Waals surface area contributed by atoms with Crippen molar-refractivity contribution in [2.24, 2.45) is 0 Å². The number of hydrogen-bond donors (Lipinski definition) is 2. The highest BCUT2D eigenvalue weighted by molar-refractivity contribution is 5.97. The Hall–Kier alpha value is -2.08. The first-order valence-electron chi connectivity index (χ1n) is 6.30. The molecule has 0 aliphatic carbocycles. The first kappa shape index (κ1) is 14.3. The molecular formula is C14H17NO5. The largest absolute Gasteiger partial charge is 0.508 e. The zero-order valence-corrected chi connectivity index (χ0v) is 11.4. The average molecular weight is 279 g/mol. The van der Waals surface area contributed by atoms with Gasteiger partial charge in [-0.05, 0) is 24.6 Å². The molecule has 0 radical (unpaired) electrons. The number of hydrogen-bond acceptors (Lipinski definition) is 4. The number of carboxylic acids is 1. The van der Waals surface area contributed by atoms with E-state index < -0.39 is 17.9 Å². The van der Waals surface area contributed by atoms with Gasteiger partial charge in [-0.15, -0.1) is 0 Å². The van der Waals surface area contributed by atoms with Crippen LogP contribution >= 0.6 is 0 Å². The molecule has 1 aromatic carbocycles. The maximum atomic E-state index is 12.4. The Labute approximate surface area is 116 Å². The highest BCUT2D eigenvalue weighted by atomic mass is 16.5. The Morgan fingerprint density at radius 1 is 1.40 bits per heavy atom. The van der Waals surface area contributed by atoms with Crippen LogP contribution in [0.3, 0.4) is 0 Å². The minimum Gasteiger partial charge on any atom is -0.508 e. The SMILES string of the molecule is COC1CC(C(=O)O)N(C(=O)c2ccc(C)c(O)c2)C1. The molecule has 6 nitrogen and oxygen atoms in total. The second kappa shape index (κ2) is 5.50. The number of carbonyl (C=O) groups excluding carboxylic acids is 1. The molecule has 20 heavy (non-hydrogen) atoms. The first-order chi connectivity index (χ1) is 9.43. The molecule has 1 amide bonds. The zero-order chi connectivity index (χ0) is 14.9. The Kier molecular flexibility index (Phi) is 3.94. The summed E-state index contributed by atoms with van der Waals surface area (Å²) in [5.74, 6) is -1.44. The van der Waals surface area contributed by atoms with Gasteiger partial charge in [-0.1, -0.05) is 6.07 Å². The van der Waals surface area contributed by atoms with E-state index in [9.17, 15) is 19.8 Å². The Balaban J connectivity index is 2.26. The third-order valence-corrected chi connectivity index (χ3v) is 3.60. The van der Waals surface area contributed by atoms with Crippen molar-refractivity contribution in [2.45, 2.75) is 25.5 Å². The molecule has 108 valence electrons. The van der Waals surface area contributed by atoms with E-state index in [0.29, 0.717) is 5.56 Å². The van der Waals surface area contributed by atoms with Crippen LogP contribution in [0.2, 0.25) is 0 Å². The summed E-state index contributed by atoms with van der Waals surface area (Å²) in [6.45, 7) is 1.96. The van der Waals surface area contributed by atoms with Crippen LogP contribution in [0.1, 0.15) is 22.3 Å². The molecular weight excluding hydrogens is 262 g/mol. The summed E-state index contributed by atoms with van der Waals surface area (Å²) in [5.41, 5.74) is 0.934. The van der Waals surface area contributed by atoms with E-state index >= 15 is 0 Å². The summed E-state index contributed by atoms with van der Waals surface area (Å²) in [4.78, 5) is 24.9. The third kappa shape index (κ3) is 2.60. The van der Waals surface area contributed by atoms with Crippen LogP contribution in [0, 0.1) is 6.92 Å². The van der Waals surface area contributed by atoms with Crippen LogP contribution in [-0.2, 0) is 9.53 Å². The van der Waals surface area contributed by atoms with Crippen LogP contribution in [0.4, 0.5) is 0 Å². The van der Waals surface area contributed by atoms with Crippen molar-refractivity contribution < 1.29 is 24.5 Å². The number of phenolic OH excluding ortho intramolecular Hbond substituents is 1. The second-order valence-corrected chi connectivity index (χ2v) is 4.91. The van der Waals surface area contributed by atoms with Gasteiger partial charge in [-0.2, -0.15) is 0 Å². The number of benzene rings is 1. The van der Waals surface area contributed by atoms with Crippen molar-refractivity contribution in [1.82, 2.24) is 4.90 Å². The molecule has 1 saturated heterocycles. The molecule has 0 spiro atoms. The Morgan fingerprint density at radius 3 is 2.65 bits per heavy atom. The lowest BCUT2D eigenvalue weighted by molar-refractivity contribution is -0.141. The van der Waals surface area contributed by atoms with Gasteiger partial charge in [0.2, 0.25) is 0 Å². The Bertz CT molecular complexity index is 542. The fourth-order valence-electron chi connectivity index (χ4n) is 2.34. The molecule has 1 heterocycles. The van der Waals surface area contributed by atoms with E-state index in [0.717, 1.165) is 0 Å². The van der Waals surface area contributed by atoms with Crippen LogP contribution in [-0.4, -0.2) is 52.8 Å². The highest BCUT2D eigenvalue weighted by Crippen LogP contribution is 2.25. The van der Waals surface area contributed by atoms with E-state index in [-0.39, 0.29) is 30.4 Å².